The summed E-state index contributed by atoms with van der Waals surface area (Å²) in [5.41, 5.74) is 2.06. The third-order valence-electron chi connectivity index (χ3n) is 4.28. The van der Waals surface area contributed by atoms with Crippen molar-refractivity contribution in [3.8, 4) is 5.75 Å². The SMILES string of the molecule is COCC1CN(C(=O)COc2ccccc2C)Cc2cncn2C1. The summed E-state index contributed by atoms with van der Waals surface area (Å²) < 4.78 is 13.1. The van der Waals surface area contributed by atoms with Crippen LogP contribution in [0.15, 0.2) is 36.8 Å². The van der Waals surface area contributed by atoms with Crippen molar-refractivity contribution in [2.45, 2.75) is 20.0 Å². The van der Waals surface area contributed by atoms with Crippen molar-refractivity contribution in [3.05, 3.63) is 48.0 Å². The zero-order valence-electron chi connectivity index (χ0n) is 14.1. The molecule has 0 saturated carbocycles. The van der Waals surface area contributed by atoms with Gasteiger partial charge in [-0.05, 0) is 18.6 Å². The van der Waals surface area contributed by atoms with Gasteiger partial charge in [-0.15, -0.1) is 0 Å². The van der Waals surface area contributed by atoms with E-state index < -0.39 is 0 Å². The summed E-state index contributed by atoms with van der Waals surface area (Å²) in [6.45, 7) is 4.64. The van der Waals surface area contributed by atoms with Gasteiger partial charge < -0.3 is 18.9 Å². The van der Waals surface area contributed by atoms with Crippen LogP contribution in [0.4, 0.5) is 0 Å². The van der Waals surface area contributed by atoms with E-state index in [0.29, 0.717) is 19.7 Å². The lowest BCUT2D eigenvalue weighted by molar-refractivity contribution is -0.134. The highest BCUT2D eigenvalue weighted by Gasteiger charge is 2.25. The number of amides is 1. The normalized spacial score (nSPS) is 17.2. The maximum atomic E-state index is 12.6. The van der Waals surface area contributed by atoms with E-state index in [4.69, 9.17) is 9.47 Å². The fourth-order valence-corrected chi connectivity index (χ4v) is 3.03. The van der Waals surface area contributed by atoms with Gasteiger partial charge in [-0.2, -0.15) is 0 Å². The lowest BCUT2D eigenvalue weighted by Crippen LogP contribution is -2.38. The first-order valence-corrected chi connectivity index (χ1v) is 8.11. The molecule has 2 heterocycles. The standard InChI is InChI=1S/C18H23N3O3/c1-14-5-3-4-6-17(14)24-12-18(22)20-8-15(11-23-2)9-21-13-19-7-16(21)10-20/h3-7,13,15H,8-12H2,1-2H3. The molecular weight excluding hydrogens is 306 g/mol. The van der Waals surface area contributed by atoms with Crippen LogP contribution in [0.1, 0.15) is 11.3 Å². The summed E-state index contributed by atoms with van der Waals surface area (Å²) in [7, 11) is 1.69. The minimum Gasteiger partial charge on any atom is -0.484 e. The number of ether oxygens (including phenoxy) is 2. The molecule has 0 radical (unpaired) electrons. The van der Waals surface area contributed by atoms with E-state index in [2.05, 4.69) is 9.55 Å². The molecule has 0 saturated heterocycles. The fourth-order valence-electron chi connectivity index (χ4n) is 3.03. The topological polar surface area (TPSA) is 56.6 Å². The maximum Gasteiger partial charge on any atom is 0.260 e. The van der Waals surface area contributed by atoms with Crippen molar-refractivity contribution in [1.82, 2.24) is 14.5 Å². The number of benzene rings is 1. The number of nitrogens with zero attached hydrogens (tertiary/aromatic N) is 3. The molecule has 0 fully saturated rings. The van der Waals surface area contributed by atoms with Crippen LogP contribution in [-0.2, 0) is 22.6 Å². The van der Waals surface area contributed by atoms with Crippen LogP contribution in [0.3, 0.4) is 0 Å². The minimum absolute atomic E-state index is 0.0194. The Morgan fingerprint density at radius 1 is 1.33 bits per heavy atom. The quantitative estimate of drug-likeness (QED) is 0.840. The summed E-state index contributed by atoms with van der Waals surface area (Å²) in [4.78, 5) is 18.7. The summed E-state index contributed by atoms with van der Waals surface area (Å²) in [6.07, 6.45) is 3.63. The summed E-state index contributed by atoms with van der Waals surface area (Å²) >= 11 is 0. The Morgan fingerprint density at radius 3 is 2.96 bits per heavy atom. The van der Waals surface area contributed by atoms with Gasteiger partial charge in [-0.1, -0.05) is 18.2 Å². The Hall–Kier alpha value is -2.34. The van der Waals surface area contributed by atoms with E-state index in [9.17, 15) is 4.79 Å². The van der Waals surface area contributed by atoms with Crippen LogP contribution >= 0.6 is 0 Å². The number of carbonyl (C=O) groups is 1. The lowest BCUT2D eigenvalue weighted by Gasteiger charge is -2.24. The van der Waals surface area contributed by atoms with Gasteiger partial charge in [-0.3, -0.25) is 4.79 Å². The number of hydrogen-bond donors (Lipinski definition) is 0. The van der Waals surface area contributed by atoms with E-state index >= 15 is 0 Å². The monoisotopic (exact) mass is 329 g/mol. The molecule has 1 aromatic carbocycles. The van der Waals surface area contributed by atoms with E-state index in [-0.39, 0.29) is 18.4 Å². The number of para-hydroxylation sites is 1. The first-order valence-electron chi connectivity index (χ1n) is 8.11. The second-order valence-electron chi connectivity index (χ2n) is 6.19. The van der Waals surface area contributed by atoms with E-state index in [1.807, 2.05) is 48.6 Å². The molecule has 1 aromatic heterocycles. The Bertz CT molecular complexity index is 698. The van der Waals surface area contributed by atoms with Gasteiger partial charge in [0.2, 0.25) is 0 Å². The van der Waals surface area contributed by atoms with Crippen LogP contribution in [0.25, 0.3) is 0 Å². The van der Waals surface area contributed by atoms with Crippen LogP contribution in [0.5, 0.6) is 5.75 Å². The number of rotatable bonds is 5. The van der Waals surface area contributed by atoms with Crippen molar-refractivity contribution in [1.29, 1.82) is 0 Å². The second kappa shape index (κ2) is 7.49. The highest BCUT2D eigenvalue weighted by atomic mass is 16.5. The smallest absolute Gasteiger partial charge is 0.260 e. The predicted molar refractivity (Wildman–Crippen MR) is 89.7 cm³/mol. The van der Waals surface area contributed by atoms with Crippen molar-refractivity contribution < 1.29 is 14.3 Å². The number of methoxy groups -OCH3 is 1. The van der Waals surface area contributed by atoms with Gasteiger partial charge in [0.15, 0.2) is 6.61 Å². The first kappa shape index (κ1) is 16.5. The molecule has 1 aliphatic rings. The minimum atomic E-state index is -0.0194. The molecule has 1 atom stereocenters. The fraction of sp³-hybridized carbons (Fsp3) is 0.444. The molecule has 0 aliphatic carbocycles. The van der Waals surface area contributed by atoms with Crippen molar-refractivity contribution >= 4 is 5.91 Å². The second-order valence-corrected chi connectivity index (χ2v) is 6.19. The van der Waals surface area contributed by atoms with Crippen molar-refractivity contribution in [2.75, 3.05) is 26.9 Å². The number of carbonyl (C=O) groups excluding carboxylic acids is 1. The molecule has 128 valence electrons. The predicted octanol–water partition coefficient (Wildman–Crippen LogP) is 1.88. The third-order valence-corrected chi connectivity index (χ3v) is 4.28. The molecule has 0 bridgehead atoms. The van der Waals surface area contributed by atoms with Gasteiger partial charge in [-0.25, -0.2) is 4.98 Å². The van der Waals surface area contributed by atoms with Crippen LogP contribution in [-0.4, -0.2) is 47.2 Å². The number of hydrogen-bond acceptors (Lipinski definition) is 4. The summed E-state index contributed by atoms with van der Waals surface area (Å²) in [5, 5.41) is 0. The molecule has 24 heavy (non-hydrogen) atoms. The van der Waals surface area contributed by atoms with Crippen LogP contribution in [0.2, 0.25) is 0 Å². The molecule has 0 N–H and O–H groups in total. The van der Waals surface area contributed by atoms with Gasteiger partial charge in [0, 0.05) is 32.3 Å². The molecule has 1 aliphatic heterocycles. The van der Waals surface area contributed by atoms with Crippen LogP contribution < -0.4 is 4.74 Å². The van der Waals surface area contributed by atoms with E-state index in [1.165, 1.54) is 0 Å². The van der Waals surface area contributed by atoms with Crippen molar-refractivity contribution in [2.24, 2.45) is 5.92 Å². The molecule has 3 rings (SSSR count). The molecule has 6 nitrogen and oxygen atoms in total. The highest BCUT2D eigenvalue weighted by molar-refractivity contribution is 5.77. The summed E-state index contributed by atoms with van der Waals surface area (Å²) in [5.74, 6) is 0.973. The molecular formula is C18H23N3O3. The van der Waals surface area contributed by atoms with Crippen molar-refractivity contribution in [3.63, 3.8) is 0 Å². The molecule has 1 unspecified atom stereocenters. The van der Waals surface area contributed by atoms with E-state index in [1.54, 1.807) is 7.11 Å². The average Bonchev–Trinajstić information content (AvgIpc) is 2.93. The Morgan fingerprint density at radius 2 is 2.17 bits per heavy atom. The lowest BCUT2D eigenvalue weighted by atomic mass is 10.1. The van der Waals surface area contributed by atoms with Crippen LogP contribution in [0, 0.1) is 12.8 Å². The Labute approximate surface area is 142 Å². The van der Waals surface area contributed by atoms with Gasteiger partial charge in [0.05, 0.1) is 25.2 Å². The number of aryl methyl sites for hydroxylation is 1. The zero-order valence-corrected chi connectivity index (χ0v) is 14.1. The van der Waals surface area contributed by atoms with E-state index in [0.717, 1.165) is 23.6 Å². The molecule has 2 aromatic rings. The average molecular weight is 329 g/mol. The molecule has 6 heteroatoms. The molecule has 1 amide bonds. The number of aromatic nitrogens is 2. The Kier molecular flexibility index (Phi) is 5.15. The molecule has 0 spiro atoms. The largest absolute Gasteiger partial charge is 0.484 e. The zero-order chi connectivity index (χ0) is 16.9. The van der Waals surface area contributed by atoms with Gasteiger partial charge in [0.1, 0.15) is 5.75 Å². The third kappa shape index (κ3) is 3.76. The number of imidazole rings is 1. The van der Waals surface area contributed by atoms with Gasteiger partial charge >= 0.3 is 0 Å². The maximum absolute atomic E-state index is 12.6. The Balaban J connectivity index is 1.68. The highest BCUT2D eigenvalue weighted by Crippen LogP contribution is 2.19. The first-order chi connectivity index (χ1) is 11.7. The summed E-state index contributed by atoms with van der Waals surface area (Å²) in [6, 6.07) is 7.72. The van der Waals surface area contributed by atoms with Gasteiger partial charge in [0.25, 0.3) is 5.91 Å². The number of fused-ring (bicyclic) bond motifs is 1.